The summed E-state index contributed by atoms with van der Waals surface area (Å²) in [5.41, 5.74) is 7.67. The summed E-state index contributed by atoms with van der Waals surface area (Å²) in [6.45, 7) is 6.36. The SMILES string of the molecule is CCCOc1cccc(CN2CC3CCCC(N)C3C2)c1. The van der Waals surface area contributed by atoms with Gasteiger partial charge < -0.3 is 10.5 Å². The van der Waals surface area contributed by atoms with Crippen LogP contribution < -0.4 is 10.5 Å². The highest BCUT2D eigenvalue weighted by Crippen LogP contribution is 2.36. The number of hydrogen-bond donors (Lipinski definition) is 1. The molecular formula is C18H28N2O. The second-order valence-corrected chi connectivity index (χ2v) is 6.71. The van der Waals surface area contributed by atoms with E-state index in [2.05, 4.69) is 36.1 Å². The van der Waals surface area contributed by atoms with Gasteiger partial charge in [-0.15, -0.1) is 0 Å². The zero-order valence-electron chi connectivity index (χ0n) is 13.1. The Hall–Kier alpha value is -1.06. The first-order chi connectivity index (χ1) is 10.3. The van der Waals surface area contributed by atoms with E-state index in [4.69, 9.17) is 10.5 Å². The third-order valence-electron chi connectivity index (χ3n) is 5.01. The highest BCUT2D eigenvalue weighted by Gasteiger charge is 2.38. The lowest BCUT2D eigenvalue weighted by atomic mass is 9.78. The molecular weight excluding hydrogens is 260 g/mol. The predicted molar refractivity (Wildman–Crippen MR) is 86.3 cm³/mol. The third-order valence-corrected chi connectivity index (χ3v) is 5.01. The van der Waals surface area contributed by atoms with Crippen LogP contribution in [0.15, 0.2) is 24.3 Å². The molecule has 3 atom stereocenters. The summed E-state index contributed by atoms with van der Waals surface area (Å²) in [5, 5.41) is 0. The maximum absolute atomic E-state index is 6.31. The summed E-state index contributed by atoms with van der Waals surface area (Å²) in [4.78, 5) is 2.58. The zero-order chi connectivity index (χ0) is 14.7. The highest BCUT2D eigenvalue weighted by molar-refractivity contribution is 5.28. The normalized spacial score (nSPS) is 29.3. The van der Waals surface area contributed by atoms with Crippen LogP contribution in [0.25, 0.3) is 0 Å². The molecule has 3 unspecified atom stereocenters. The van der Waals surface area contributed by atoms with Crippen molar-refractivity contribution in [2.75, 3.05) is 19.7 Å². The van der Waals surface area contributed by atoms with Gasteiger partial charge in [0.15, 0.2) is 0 Å². The molecule has 116 valence electrons. The van der Waals surface area contributed by atoms with E-state index in [-0.39, 0.29) is 0 Å². The number of fused-ring (bicyclic) bond motifs is 1. The lowest BCUT2D eigenvalue weighted by Crippen LogP contribution is -2.38. The Labute approximate surface area is 128 Å². The fraction of sp³-hybridized carbons (Fsp3) is 0.667. The quantitative estimate of drug-likeness (QED) is 0.905. The average Bonchev–Trinajstić information content (AvgIpc) is 2.89. The monoisotopic (exact) mass is 288 g/mol. The number of likely N-dealkylation sites (tertiary alicyclic amines) is 1. The van der Waals surface area contributed by atoms with E-state index in [1.54, 1.807) is 0 Å². The molecule has 2 N–H and O–H groups in total. The topological polar surface area (TPSA) is 38.5 Å². The van der Waals surface area contributed by atoms with E-state index < -0.39 is 0 Å². The Morgan fingerprint density at radius 1 is 1.29 bits per heavy atom. The molecule has 1 aliphatic heterocycles. The molecule has 0 aromatic heterocycles. The van der Waals surface area contributed by atoms with Gasteiger partial charge in [0.2, 0.25) is 0 Å². The molecule has 1 aromatic carbocycles. The number of ether oxygens (including phenoxy) is 1. The molecule has 1 aliphatic carbocycles. The van der Waals surface area contributed by atoms with Gasteiger partial charge >= 0.3 is 0 Å². The van der Waals surface area contributed by atoms with Crippen LogP contribution in [0.2, 0.25) is 0 Å². The number of benzene rings is 1. The Bertz CT molecular complexity index is 462. The van der Waals surface area contributed by atoms with E-state index in [1.165, 1.54) is 37.9 Å². The maximum atomic E-state index is 6.31. The van der Waals surface area contributed by atoms with Crippen LogP contribution in [0.5, 0.6) is 5.75 Å². The van der Waals surface area contributed by atoms with Crippen LogP contribution in [-0.4, -0.2) is 30.6 Å². The van der Waals surface area contributed by atoms with Gasteiger partial charge in [0, 0.05) is 25.7 Å². The van der Waals surface area contributed by atoms with E-state index in [9.17, 15) is 0 Å². The minimum Gasteiger partial charge on any atom is -0.494 e. The number of rotatable bonds is 5. The minimum absolute atomic E-state index is 0.424. The van der Waals surface area contributed by atoms with Crippen LogP contribution in [-0.2, 0) is 6.54 Å². The third kappa shape index (κ3) is 3.58. The van der Waals surface area contributed by atoms with Gasteiger partial charge in [0.05, 0.1) is 6.61 Å². The van der Waals surface area contributed by atoms with Gasteiger partial charge in [-0.3, -0.25) is 4.90 Å². The summed E-state index contributed by atoms with van der Waals surface area (Å²) >= 11 is 0. The Morgan fingerprint density at radius 2 is 2.19 bits per heavy atom. The van der Waals surface area contributed by atoms with Crippen molar-refractivity contribution in [3.05, 3.63) is 29.8 Å². The molecule has 1 saturated heterocycles. The molecule has 0 spiro atoms. The van der Waals surface area contributed by atoms with Crippen molar-refractivity contribution in [2.45, 2.75) is 45.2 Å². The summed E-state index contributed by atoms with van der Waals surface area (Å²) < 4.78 is 5.73. The molecule has 21 heavy (non-hydrogen) atoms. The van der Waals surface area contributed by atoms with Gasteiger partial charge in [-0.2, -0.15) is 0 Å². The maximum Gasteiger partial charge on any atom is 0.119 e. The minimum atomic E-state index is 0.424. The predicted octanol–water partition coefficient (Wildman–Crippen LogP) is 3.03. The summed E-state index contributed by atoms with van der Waals surface area (Å²) in [6.07, 6.45) is 4.96. The molecule has 0 bridgehead atoms. The molecule has 2 aliphatic rings. The Morgan fingerprint density at radius 3 is 3.00 bits per heavy atom. The molecule has 1 heterocycles. The molecule has 3 heteroatoms. The highest BCUT2D eigenvalue weighted by atomic mass is 16.5. The van der Waals surface area contributed by atoms with E-state index >= 15 is 0 Å². The van der Waals surface area contributed by atoms with Crippen molar-refractivity contribution in [3.63, 3.8) is 0 Å². The number of hydrogen-bond acceptors (Lipinski definition) is 3. The fourth-order valence-corrected chi connectivity index (χ4v) is 3.95. The summed E-state index contributed by atoms with van der Waals surface area (Å²) in [6, 6.07) is 8.99. The van der Waals surface area contributed by atoms with Crippen molar-refractivity contribution < 1.29 is 4.74 Å². The molecule has 0 radical (unpaired) electrons. The van der Waals surface area contributed by atoms with Crippen molar-refractivity contribution in [1.29, 1.82) is 0 Å². The second kappa shape index (κ2) is 6.80. The van der Waals surface area contributed by atoms with Gasteiger partial charge in [0.1, 0.15) is 5.75 Å². The largest absolute Gasteiger partial charge is 0.494 e. The van der Waals surface area contributed by atoms with Crippen molar-refractivity contribution in [1.82, 2.24) is 4.90 Å². The van der Waals surface area contributed by atoms with Gasteiger partial charge in [0.25, 0.3) is 0 Å². The van der Waals surface area contributed by atoms with Crippen molar-refractivity contribution in [2.24, 2.45) is 17.6 Å². The fourth-order valence-electron chi connectivity index (χ4n) is 3.95. The van der Waals surface area contributed by atoms with Crippen LogP contribution in [0, 0.1) is 11.8 Å². The van der Waals surface area contributed by atoms with E-state index in [1.807, 2.05) is 0 Å². The lowest BCUT2D eigenvalue weighted by molar-refractivity contribution is 0.259. The van der Waals surface area contributed by atoms with Crippen LogP contribution in [0.4, 0.5) is 0 Å². The summed E-state index contributed by atoms with van der Waals surface area (Å²) in [7, 11) is 0. The lowest BCUT2D eigenvalue weighted by Gasteiger charge is -2.29. The first kappa shape index (κ1) is 14.9. The average molecular weight is 288 g/mol. The van der Waals surface area contributed by atoms with Crippen LogP contribution >= 0.6 is 0 Å². The van der Waals surface area contributed by atoms with Crippen LogP contribution in [0.1, 0.15) is 38.2 Å². The first-order valence-corrected chi connectivity index (χ1v) is 8.46. The standard InChI is InChI=1S/C18H28N2O/c1-2-9-21-16-7-3-5-14(10-16)11-20-12-15-6-4-8-18(19)17(15)13-20/h3,5,7,10,15,17-18H,2,4,6,8-9,11-13,19H2,1H3. The molecule has 2 fully saturated rings. The molecule has 0 amide bonds. The Balaban J connectivity index is 1.59. The molecule has 1 aromatic rings. The van der Waals surface area contributed by atoms with E-state index in [0.717, 1.165) is 37.2 Å². The second-order valence-electron chi connectivity index (χ2n) is 6.71. The number of nitrogens with zero attached hydrogens (tertiary/aromatic N) is 1. The van der Waals surface area contributed by atoms with Crippen LogP contribution in [0.3, 0.4) is 0 Å². The smallest absolute Gasteiger partial charge is 0.119 e. The number of nitrogens with two attached hydrogens (primary N) is 1. The summed E-state index contributed by atoms with van der Waals surface area (Å²) in [5.74, 6) is 2.55. The van der Waals surface area contributed by atoms with Crippen molar-refractivity contribution in [3.8, 4) is 5.75 Å². The van der Waals surface area contributed by atoms with E-state index in [0.29, 0.717) is 6.04 Å². The first-order valence-electron chi connectivity index (χ1n) is 8.46. The van der Waals surface area contributed by atoms with Crippen molar-refractivity contribution >= 4 is 0 Å². The van der Waals surface area contributed by atoms with Gasteiger partial charge in [-0.05, 0) is 48.8 Å². The van der Waals surface area contributed by atoms with Gasteiger partial charge in [-0.1, -0.05) is 25.5 Å². The van der Waals surface area contributed by atoms with Gasteiger partial charge in [-0.25, -0.2) is 0 Å². The zero-order valence-corrected chi connectivity index (χ0v) is 13.1. The molecule has 1 saturated carbocycles. The molecule has 3 nitrogen and oxygen atoms in total. The Kier molecular flexibility index (Phi) is 4.81. The molecule has 3 rings (SSSR count).